The van der Waals surface area contributed by atoms with Gasteiger partial charge in [-0.3, -0.25) is 9.59 Å². The minimum atomic E-state index is -0.527. The molecule has 0 aromatic heterocycles. The van der Waals surface area contributed by atoms with E-state index in [0.29, 0.717) is 5.69 Å². The second-order valence-corrected chi connectivity index (χ2v) is 6.40. The van der Waals surface area contributed by atoms with E-state index in [1.165, 1.54) is 6.20 Å². The van der Waals surface area contributed by atoms with Gasteiger partial charge in [0.05, 0.1) is 0 Å². The van der Waals surface area contributed by atoms with Crippen molar-refractivity contribution in [2.75, 3.05) is 18.4 Å². The standard InChI is InChI=1S/C19H24N4O2/c1-13(2)16-5-3-4-6-17(16)23-19(25)15(11-20)12-22-18(24)14-7-9-21-10-8-14/h3-6,12-14,21H,7-10H2,1-2H3,(H,22,24)(H,23,25)/b15-12-. The first-order chi connectivity index (χ1) is 12.0. The fourth-order valence-electron chi connectivity index (χ4n) is 2.80. The number of nitrogens with one attached hydrogen (secondary N) is 3. The summed E-state index contributed by atoms with van der Waals surface area (Å²) in [5.74, 6) is -0.515. The van der Waals surface area contributed by atoms with Crippen molar-refractivity contribution in [3.05, 3.63) is 41.6 Å². The van der Waals surface area contributed by atoms with Crippen LogP contribution in [0.4, 0.5) is 5.69 Å². The lowest BCUT2D eigenvalue weighted by atomic mass is 9.97. The first-order valence-corrected chi connectivity index (χ1v) is 8.54. The second kappa shape index (κ2) is 9.00. The molecular weight excluding hydrogens is 316 g/mol. The average molecular weight is 340 g/mol. The molecule has 6 heteroatoms. The maximum Gasteiger partial charge on any atom is 0.267 e. The lowest BCUT2D eigenvalue weighted by molar-refractivity contribution is -0.124. The van der Waals surface area contributed by atoms with Gasteiger partial charge in [-0.2, -0.15) is 5.26 Å². The smallest absolute Gasteiger partial charge is 0.267 e. The van der Waals surface area contributed by atoms with E-state index in [1.807, 2.05) is 38.1 Å². The molecule has 25 heavy (non-hydrogen) atoms. The molecule has 0 atom stereocenters. The van der Waals surface area contributed by atoms with Gasteiger partial charge in [-0.25, -0.2) is 0 Å². The Morgan fingerprint density at radius 2 is 1.96 bits per heavy atom. The van der Waals surface area contributed by atoms with Gasteiger partial charge in [0, 0.05) is 17.8 Å². The Morgan fingerprint density at radius 1 is 1.28 bits per heavy atom. The van der Waals surface area contributed by atoms with Gasteiger partial charge in [-0.1, -0.05) is 32.0 Å². The van der Waals surface area contributed by atoms with Gasteiger partial charge in [-0.15, -0.1) is 0 Å². The average Bonchev–Trinajstić information content (AvgIpc) is 2.63. The summed E-state index contributed by atoms with van der Waals surface area (Å²) in [6.07, 6.45) is 2.72. The number of benzene rings is 1. The summed E-state index contributed by atoms with van der Waals surface area (Å²) in [5.41, 5.74) is 1.54. The fourth-order valence-corrected chi connectivity index (χ4v) is 2.80. The Balaban J connectivity index is 2.03. The molecule has 0 radical (unpaired) electrons. The molecular formula is C19H24N4O2. The molecule has 132 valence electrons. The van der Waals surface area contributed by atoms with E-state index in [-0.39, 0.29) is 23.3 Å². The molecule has 0 unspecified atom stereocenters. The molecule has 6 nitrogen and oxygen atoms in total. The maximum atomic E-state index is 12.3. The highest BCUT2D eigenvalue weighted by molar-refractivity contribution is 6.07. The minimum Gasteiger partial charge on any atom is -0.331 e. The third-order valence-electron chi connectivity index (χ3n) is 4.26. The van der Waals surface area contributed by atoms with Gasteiger partial charge >= 0.3 is 0 Å². The minimum absolute atomic E-state index is 0.0813. The van der Waals surface area contributed by atoms with E-state index in [9.17, 15) is 14.9 Å². The number of para-hydroxylation sites is 1. The Kier molecular flexibility index (Phi) is 6.72. The molecule has 1 heterocycles. The zero-order valence-corrected chi connectivity index (χ0v) is 14.6. The summed E-state index contributed by atoms with van der Waals surface area (Å²) in [6, 6.07) is 9.33. The van der Waals surface area contributed by atoms with Crippen molar-refractivity contribution < 1.29 is 9.59 Å². The molecule has 1 aliphatic heterocycles. The predicted octanol–water partition coefficient (Wildman–Crippen LogP) is 2.27. The molecule has 0 aliphatic carbocycles. The largest absolute Gasteiger partial charge is 0.331 e. The summed E-state index contributed by atoms with van der Waals surface area (Å²) in [6.45, 7) is 5.68. The zero-order chi connectivity index (χ0) is 18.2. The van der Waals surface area contributed by atoms with Crippen molar-refractivity contribution in [3.8, 4) is 6.07 Å². The summed E-state index contributed by atoms with van der Waals surface area (Å²) < 4.78 is 0. The van der Waals surface area contributed by atoms with Crippen LogP contribution in [0.25, 0.3) is 0 Å². The molecule has 1 aromatic rings. The number of carbonyl (C=O) groups excluding carboxylic acids is 2. The number of rotatable bonds is 5. The number of amides is 2. The van der Waals surface area contributed by atoms with Crippen LogP contribution in [0.3, 0.4) is 0 Å². The van der Waals surface area contributed by atoms with Gasteiger partial charge < -0.3 is 16.0 Å². The van der Waals surface area contributed by atoms with Gasteiger partial charge in [0.25, 0.3) is 5.91 Å². The molecule has 1 saturated heterocycles. The van der Waals surface area contributed by atoms with Crippen molar-refractivity contribution in [2.24, 2.45) is 5.92 Å². The number of nitrogens with zero attached hydrogens (tertiary/aromatic N) is 1. The molecule has 3 N–H and O–H groups in total. The van der Waals surface area contributed by atoms with Gasteiger partial charge in [0.1, 0.15) is 11.6 Å². The monoisotopic (exact) mass is 340 g/mol. The van der Waals surface area contributed by atoms with Crippen LogP contribution in [0.2, 0.25) is 0 Å². The van der Waals surface area contributed by atoms with Gasteiger partial charge in [0.2, 0.25) is 5.91 Å². The van der Waals surface area contributed by atoms with Crippen molar-refractivity contribution in [1.82, 2.24) is 10.6 Å². The van der Waals surface area contributed by atoms with Crippen molar-refractivity contribution in [2.45, 2.75) is 32.6 Å². The van der Waals surface area contributed by atoms with Crippen LogP contribution in [-0.4, -0.2) is 24.9 Å². The van der Waals surface area contributed by atoms with E-state index in [1.54, 1.807) is 6.07 Å². The highest BCUT2D eigenvalue weighted by Crippen LogP contribution is 2.24. The zero-order valence-electron chi connectivity index (χ0n) is 14.6. The van der Waals surface area contributed by atoms with Crippen molar-refractivity contribution >= 4 is 17.5 Å². The lowest BCUT2D eigenvalue weighted by Crippen LogP contribution is -2.36. The first kappa shape index (κ1) is 18.7. The highest BCUT2D eigenvalue weighted by atomic mass is 16.2. The molecule has 2 amide bonds. The topological polar surface area (TPSA) is 94.0 Å². The SMILES string of the molecule is CC(C)c1ccccc1NC(=O)/C(C#N)=C\NC(=O)C1CCNCC1. The Hall–Kier alpha value is -2.65. The van der Waals surface area contributed by atoms with Gasteiger partial charge in [0.15, 0.2) is 0 Å². The number of piperidine rings is 1. The normalized spacial score (nSPS) is 15.5. The lowest BCUT2D eigenvalue weighted by Gasteiger charge is -2.20. The number of hydrogen-bond acceptors (Lipinski definition) is 4. The predicted molar refractivity (Wildman–Crippen MR) is 96.6 cm³/mol. The number of carbonyl (C=O) groups is 2. The molecule has 1 aliphatic rings. The van der Waals surface area contributed by atoms with E-state index in [4.69, 9.17) is 0 Å². The van der Waals surface area contributed by atoms with E-state index in [0.717, 1.165) is 31.5 Å². The first-order valence-electron chi connectivity index (χ1n) is 8.54. The van der Waals surface area contributed by atoms with Crippen LogP contribution >= 0.6 is 0 Å². The number of anilines is 1. The summed E-state index contributed by atoms with van der Waals surface area (Å²) in [5, 5.41) is 17.8. The molecule has 1 fully saturated rings. The Labute approximate surface area is 148 Å². The third kappa shape index (κ3) is 5.16. The van der Waals surface area contributed by atoms with Crippen LogP contribution in [0.15, 0.2) is 36.0 Å². The molecule has 0 bridgehead atoms. The molecule has 1 aromatic carbocycles. The molecule has 2 rings (SSSR count). The summed E-state index contributed by atoms with van der Waals surface area (Å²) >= 11 is 0. The highest BCUT2D eigenvalue weighted by Gasteiger charge is 2.20. The Bertz CT molecular complexity index is 698. The van der Waals surface area contributed by atoms with Gasteiger partial charge in [-0.05, 0) is 43.5 Å². The summed E-state index contributed by atoms with van der Waals surface area (Å²) in [7, 11) is 0. The van der Waals surface area contributed by atoms with Crippen LogP contribution in [0, 0.1) is 17.2 Å². The quantitative estimate of drug-likeness (QED) is 0.566. The van der Waals surface area contributed by atoms with Crippen LogP contribution < -0.4 is 16.0 Å². The number of hydrogen-bond donors (Lipinski definition) is 3. The Morgan fingerprint density at radius 3 is 2.60 bits per heavy atom. The van der Waals surface area contributed by atoms with E-state index < -0.39 is 5.91 Å². The maximum absolute atomic E-state index is 12.3. The molecule has 0 saturated carbocycles. The van der Waals surface area contributed by atoms with E-state index >= 15 is 0 Å². The van der Waals surface area contributed by atoms with Crippen LogP contribution in [0.5, 0.6) is 0 Å². The fraction of sp³-hybridized carbons (Fsp3) is 0.421. The van der Waals surface area contributed by atoms with E-state index in [2.05, 4.69) is 16.0 Å². The van der Waals surface area contributed by atoms with Crippen molar-refractivity contribution in [1.29, 1.82) is 5.26 Å². The third-order valence-corrected chi connectivity index (χ3v) is 4.26. The number of nitriles is 1. The van der Waals surface area contributed by atoms with Crippen molar-refractivity contribution in [3.63, 3.8) is 0 Å². The van der Waals surface area contributed by atoms with Crippen LogP contribution in [-0.2, 0) is 9.59 Å². The van der Waals surface area contributed by atoms with Crippen LogP contribution in [0.1, 0.15) is 38.2 Å². The molecule has 0 spiro atoms. The summed E-state index contributed by atoms with van der Waals surface area (Å²) in [4.78, 5) is 24.5. The second-order valence-electron chi connectivity index (χ2n) is 6.40.